The largest absolute Gasteiger partial charge is 0.354 e. The number of amides is 1. The molecule has 2 heterocycles. The first kappa shape index (κ1) is 21.6. The molecule has 0 saturated carbocycles. The van der Waals surface area contributed by atoms with Crippen LogP contribution in [0.4, 0.5) is 0 Å². The number of nitrogens with zero attached hydrogens (tertiary/aromatic N) is 3. The van der Waals surface area contributed by atoms with Crippen LogP contribution in [0.25, 0.3) is 21.8 Å². The number of carbonyl (C=O) groups excluding carboxylic acids is 1. The van der Waals surface area contributed by atoms with E-state index in [2.05, 4.69) is 22.5 Å². The highest BCUT2D eigenvalue weighted by Gasteiger charge is 2.17. The van der Waals surface area contributed by atoms with Crippen LogP contribution in [-0.4, -0.2) is 26.8 Å². The topological polar surface area (TPSA) is 68.9 Å². The van der Waals surface area contributed by atoms with E-state index < -0.39 is 0 Å². The van der Waals surface area contributed by atoms with Gasteiger partial charge in [0.2, 0.25) is 5.91 Å². The highest BCUT2D eigenvalue weighted by Crippen LogP contribution is 2.27. The van der Waals surface area contributed by atoms with E-state index >= 15 is 0 Å². The van der Waals surface area contributed by atoms with E-state index in [9.17, 15) is 9.59 Å². The maximum Gasteiger partial charge on any atom is 0.291 e. The zero-order valence-corrected chi connectivity index (χ0v) is 18.9. The van der Waals surface area contributed by atoms with Crippen molar-refractivity contribution in [3.63, 3.8) is 0 Å². The fraction of sp³-hybridized carbons (Fsp3) is 0.179. The highest BCUT2D eigenvalue weighted by molar-refractivity contribution is 6.07. The molecule has 6 heteroatoms. The summed E-state index contributed by atoms with van der Waals surface area (Å²) in [5.74, 6) is -0.215. The number of rotatable bonds is 8. The molecule has 6 nitrogen and oxygen atoms in total. The molecular weight excluding hydrogens is 424 g/mol. The van der Waals surface area contributed by atoms with E-state index in [-0.39, 0.29) is 18.0 Å². The molecule has 1 amide bonds. The van der Waals surface area contributed by atoms with Crippen molar-refractivity contribution < 1.29 is 4.79 Å². The predicted molar refractivity (Wildman–Crippen MR) is 135 cm³/mol. The quantitative estimate of drug-likeness (QED) is 0.361. The van der Waals surface area contributed by atoms with Crippen molar-refractivity contribution in [2.24, 2.45) is 0 Å². The summed E-state index contributed by atoms with van der Waals surface area (Å²) in [5, 5.41) is 9.02. The third-order valence-corrected chi connectivity index (χ3v) is 6.06. The van der Waals surface area contributed by atoms with E-state index in [4.69, 9.17) is 0 Å². The third kappa shape index (κ3) is 4.48. The average molecular weight is 451 g/mol. The molecular formula is C28H26N4O2. The summed E-state index contributed by atoms with van der Waals surface area (Å²) in [6.07, 6.45) is 3.43. The molecule has 34 heavy (non-hydrogen) atoms. The molecule has 0 unspecified atom stereocenters. The Balaban J connectivity index is 1.38. The Morgan fingerprint density at radius 1 is 0.824 bits per heavy atom. The van der Waals surface area contributed by atoms with E-state index in [1.54, 1.807) is 6.20 Å². The lowest BCUT2D eigenvalue weighted by Gasteiger charge is -2.09. The Morgan fingerprint density at radius 3 is 2.26 bits per heavy atom. The van der Waals surface area contributed by atoms with Gasteiger partial charge < -0.3 is 9.88 Å². The lowest BCUT2D eigenvalue weighted by atomic mass is 10.1. The van der Waals surface area contributed by atoms with Gasteiger partial charge in [0.25, 0.3) is 5.56 Å². The van der Waals surface area contributed by atoms with Crippen LogP contribution >= 0.6 is 0 Å². The number of hydrogen-bond donors (Lipinski definition) is 1. The minimum atomic E-state index is -0.260. The first-order valence-electron chi connectivity index (χ1n) is 11.5. The minimum Gasteiger partial charge on any atom is -0.354 e. The second-order valence-electron chi connectivity index (χ2n) is 8.40. The van der Waals surface area contributed by atoms with Crippen molar-refractivity contribution in [2.45, 2.75) is 25.9 Å². The normalized spacial score (nSPS) is 11.2. The van der Waals surface area contributed by atoms with Crippen molar-refractivity contribution in [2.75, 3.05) is 6.54 Å². The van der Waals surface area contributed by atoms with Crippen LogP contribution in [0, 0.1) is 0 Å². The molecule has 0 saturated heterocycles. The molecule has 5 aromatic rings. The van der Waals surface area contributed by atoms with Crippen molar-refractivity contribution in [3.8, 4) is 0 Å². The third-order valence-electron chi connectivity index (χ3n) is 6.06. The van der Waals surface area contributed by atoms with Gasteiger partial charge in [-0.15, -0.1) is 0 Å². The molecule has 0 aliphatic rings. The molecule has 0 radical (unpaired) electrons. The van der Waals surface area contributed by atoms with Crippen LogP contribution in [0.15, 0.2) is 95.9 Å². The van der Waals surface area contributed by atoms with Gasteiger partial charge in [0.15, 0.2) is 0 Å². The smallest absolute Gasteiger partial charge is 0.291 e. The molecule has 1 N–H and O–H groups in total. The van der Waals surface area contributed by atoms with Crippen LogP contribution in [0.3, 0.4) is 0 Å². The van der Waals surface area contributed by atoms with Crippen LogP contribution < -0.4 is 10.9 Å². The molecule has 0 aliphatic heterocycles. The Labute approximate surface area is 197 Å². The fourth-order valence-corrected chi connectivity index (χ4v) is 4.39. The number of para-hydroxylation sites is 1. The maximum absolute atomic E-state index is 13.5. The summed E-state index contributed by atoms with van der Waals surface area (Å²) in [4.78, 5) is 26.0. The molecule has 3 aromatic carbocycles. The second-order valence-corrected chi connectivity index (χ2v) is 8.40. The summed E-state index contributed by atoms with van der Waals surface area (Å²) >= 11 is 0. The highest BCUT2D eigenvalue weighted by atomic mass is 16.2. The summed E-state index contributed by atoms with van der Waals surface area (Å²) < 4.78 is 3.29. The Bertz CT molecular complexity index is 1490. The van der Waals surface area contributed by atoms with Crippen molar-refractivity contribution in [1.29, 1.82) is 0 Å². The van der Waals surface area contributed by atoms with Gasteiger partial charge in [0.05, 0.1) is 6.20 Å². The minimum absolute atomic E-state index is 0.104. The van der Waals surface area contributed by atoms with E-state index in [1.165, 1.54) is 10.2 Å². The van der Waals surface area contributed by atoms with Gasteiger partial charge in [-0.1, -0.05) is 78.9 Å². The number of aryl methyl sites for hydroxylation is 1. The van der Waals surface area contributed by atoms with Gasteiger partial charge in [-0.25, -0.2) is 4.68 Å². The summed E-state index contributed by atoms with van der Waals surface area (Å²) in [7, 11) is 0. The van der Waals surface area contributed by atoms with Gasteiger partial charge >= 0.3 is 0 Å². The van der Waals surface area contributed by atoms with Gasteiger partial charge in [-0.05, 0) is 30.0 Å². The maximum atomic E-state index is 13.5. The molecule has 0 fully saturated rings. The molecule has 170 valence electrons. The summed E-state index contributed by atoms with van der Waals surface area (Å²) in [6, 6.07) is 28.2. The van der Waals surface area contributed by atoms with Crippen LogP contribution in [0.5, 0.6) is 0 Å². The van der Waals surface area contributed by atoms with E-state index in [0.717, 1.165) is 34.7 Å². The number of benzene rings is 3. The lowest BCUT2D eigenvalue weighted by Crippen LogP contribution is -2.34. The first-order valence-corrected chi connectivity index (χ1v) is 11.5. The number of aromatic nitrogens is 3. The zero-order chi connectivity index (χ0) is 23.3. The van der Waals surface area contributed by atoms with Crippen LogP contribution in [0.1, 0.15) is 17.5 Å². The van der Waals surface area contributed by atoms with Crippen LogP contribution in [0.2, 0.25) is 0 Å². The average Bonchev–Trinajstić information content (AvgIpc) is 3.19. The number of nitrogens with one attached hydrogen (secondary N) is 1. The van der Waals surface area contributed by atoms with Gasteiger partial charge in [0, 0.05) is 29.4 Å². The standard InChI is InChI=1S/C28H26N4O2/c33-26(29-17-9-14-21-10-3-1-4-11-21)20-32-28(34)27-24(18-30-32)23-15-7-8-16-25(23)31(27)19-22-12-5-2-6-13-22/h1-8,10-13,15-16,18H,9,14,17,19-20H2,(H,29,33). The van der Waals surface area contributed by atoms with Crippen molar-refractivity contribution in [1.82, 2.24) is 19.7 Å². The lowest BCUT2D eigenvalue weighted by molar-refractivity contribution is -0.121. The molecule has 0 atom stereocenters. The van der Waals surface area contributed by atoms with Crippen molar-refractivity contribution >= 4 is 27.7 Å². The molecule has 5 rings (SSSR count). The number of carbonyl (C=O) groups is 1. The monoisotopic (exact) mass is 450 g/mol. The summed E-state index contributed by atoms with van der Waals surface area (Å²) in [6.45, 7) is 1.02. The first-order chi connectivity index (χ1) is 16.7. The van der Waals surface area contributed by atoms with Gasteiger partial charge in [-0.2, -0.15) is 5.10 Å². The Morgan fingerprint density at radius 2 is 1.50 bits per heavy atom. The second kappa shape index (κ2) is 9.75. The SMILES string of the molecule is O=C(Cn1ncc2c3ccccc3n(Cc3ccccc3)c2c1=O)NCCCc1ccccc1. The van der Waals surface area contributed by atoms with E-state index in [0.29, 0.717) is 18.6 Å². The predicted octanol–water partition coefficient (Wildman–Crippen LogP) is 4.15. The molecule has 0 bridgehead atoms. The van der Waals surface area contributed by atoms with E-state index in [1.807, 2.05) is 77.4 Å². The van der Waals surface area contributed by atoms with Crippen LogP contribution in [-0.2, 0) is 24.3 Å². The molecule has 0 spiro atoms. The Kier molecular flexibility index (Phi) is 6.21. The number of fused-ring (bicyclic) bond motifs is 3. The number of hydrogen-bond acceptors (Lipinski definition) is 3. The zero-order valence-electron chi connectivity index (χ0n) is 18.9. The fourth-order valence-electron chi connectivity index (χ4n) is 4.39. The van der Waals surface area contributed by atoms with Gasteiger partial charge in [-0.3, -0.25) is 9.59 Å². The van der Waals surface area contributed by atoms with Gasteiger partial charge in [0.1, 0.15) is 12.1 Å². The Hall–Kier alpha value is -4.19. The van der Waals surface area contributed by atoms with Crippen molar-refractivity contribution in [3.05, 3.63) is 113 Å². The molecule has 2 aromatic heterocycles. The molecule has 0 aliphatic carbocycles. The summed E-state index contributed by atoms with van der Waals surface area (Å²) in [5.41, 5.74) is 3.62.